The number of rotatable bonds is 5. The Morgan fingerprint density at radius 1 is 1.43 bits per heavy atom. The van der Waals surface area contributed by atoms with Crippen molar-refractivity contribution in [2.24, 2.45) is 0 Å². The molecular formula is C17H27NO3. The van der Waals surface area contributed by atoms with Gasteiger partial charge < -0.3 is 14.6 Å². The number of ether oxygens (including phenoxy) is 2. The Balaban J connectivity index is 2.19. The number of aliphatic hydroxyl groups excluding tert-OH is 1. The minimum atomic E-state index is -0.654. The van der Waals surface area contributed by atoms with Crippen LogP contribution < -0.4 is 4.74 Å². The van der Waals surface area contributed by atoms with E-state index in [0.717, 1.165) is 42.9 Å². The zero-order valence-corrected chi connectivity index (χ0v) is 13.6. The fraction of sp³-hybridized carbons (Fsp3) is 0.647. The molecule has 1 aromatic carbocycles. The number of nitrogens with zero attached hydrogens (tertiary/aromatic N) is 1. The van der Waals surface area contributed by atoms with Gasteiger partial charge >= 0.3 is 0 Å². The van der Waals surface area contributed by atoms with E-state index in [2.05, 4.69) is 11.8 Å². The summed E-state index contributed by atoms with van der Waals surface area (Å²) in [5.41, 5.74) is 3.07. The third-order valence-electron chi connectivity index (χ3n) is 4.30. The molecule has 2 unspecified atom stereocenters. The maximum Gasteiger partial charge on any atom is 0.127 e. The topological polar surface area (TPSA) is 41.9 Å². The number of methoxy groups -OCH3 is 1. The molecule has 1 aliphatic heterocycles. The summed E-state index contributed by atoms with van der Waals surface area (Å²) in [7, 11) is 1.66. The van der Waals surface area contributed by atoms with E-state index in [0.29, 0.717) is 6.61 Å². The molecular weight excluding hydrogens is 266 g/mol. The Hall–Kier alpha value is -1.10. The van der Waals surface area contributed by atoms with Crippen LogP contribution in [0.1, 0.15) is 36.1 Å². The van der Waals surface area contributed by atoms with Crippen molar-refractivity contribution in [3.05, 3.63) is 28.8 Å². The van der Waals surface area contributed by atoms with Crippen LogP contribution in [0.15, 0.2) is 12.1 Å². The molecule has 4 nitrogen and oxygen atoms in total. The Morgan fingerprint density at radius 2 is 2.19 bits per heavy atom. The van der Waals surface area contributed by atoms with Gasteiger partial charge in [-0.15, -0.1) is 0 Å². The largest absolute Gasteiger partial charge is 0.496 e. The van der Waals surface area contributed by atoms with E-state index in [1.807, 2.05) is 26.0 Å². The maximum atomic E-state index is 10.7. The molecule has 1 N–H and O–H groups in total. The SMILES string of the molecule is CCCN1CCOC(C(O)c2ccc(C)c(C)c2OC)C1. The van der Waals surface area contributed by atoms with E-state index in [1.54, 1.807) is 7.11 Å². The van der Waals surface area contributed by atoms with Gasteiger partial charge in [0, 0.05) is 18.7 Å². The number of hydrogen-bond acceptors (Lipinski definition) is 4. The lowest BCUT2D eigenvalue weighted by atomic mass is 9.97. The summed E-state index contributed by atoms with van der Waals surface area (Å²) in [4.78, 5) is 2.35. The second-order valence-corrected chi connectivity index (χ2v) is 5.78. The summed E-state index contributed by atoms with van der Waals surface area (Å²) in [6, 6.07) is 3.98. The van der Waals surface area contributed by atoms with Gasteiger partial charge in [-0.3, -0.25) is 4.90 Å². The molecule has 0 radical (unpaired) electrons. The summed E-state index contributed by atoms with van der Waals surface area (Å²) in [5.74, 6) is 0.777. The van der Waals surface area contributed by atoms with E-state index in [-0.39, 0.29) is 6.10 Å². The zero-order chi connectivity index (χ0) is 15.4. The minimum Gasteiger partial charge on any atom is -0.496 e. The lowest BCUT2D eigenvalue weighted by Gasteiger charge is -2.35. The summed E-state index contributed by atoms with van der Waals surface area (Å²) in [6.07, 6.45) is 0.274. The molecule has 1 aromatic rings. The molecule has 0 aromatic heterocycles. The van der Waals surface area contributed by atoms with Crippen LogP contribution in [0.2, 0.25) is 0 Å². The molecule has 2 rings (SSSR count). The van der Waals surface area contributed by atoms with Crippen LogP contribution in [0.3, 0.4) is 0 Å². The highest BCUT2D eigenvalue weighted by Crippen LogP contribution is 2.33. The average molecular weight is 293 g/mol. The van der Waals surface area contributed by atoms with E-state index in [4.69, 9.17) is 9.47 Å². The normalized spacial score (nSPS) is 21.3. The standard InChI is InChI=1S/C17H27NO3/c1-5-8-18-9-10-21-15(11-18)16(19)14-7-6-12(2)13(3)17(14)20-4/h6-7,15-16,19H,5,8-11H2,1-4H3. The molecule has 0 saturated carbocycles. The molecule has 0 aliphatic carbocycles. The third kappa shape index (κ3) is 3.57. The van der Waals surface area contributed by atoms with Crippen LogP contribution in [0.5, 0.6) is 5.75 Å². The fourth-order valence-electron chi connectivity index (χ4n) is 2.96. The molecule has 1 aliphatic rings. The third-order valence-corrected chi connectivity index (χ3v) is 4.30. The Kier molecular flexibility index (Phi) is 5.62. The van der Waals surface area contributed by atoms with E-state index in [1.165, 1.54) is 5.56 Å². The lowest BCUT2D eigenvalue weighted by molar-refractivity contribution is -0.0903. The van der Waals surface area contributed by atoms with Gasteiger partial charge in [0.05, 0.1) is 13.7 Å². The average Bonchev–Trinajstić information content (AvgIpc) is 2.50. The quantitative estimate of drug-likeness (QED) is 0.905. The van der Waals surface area contributed by atoms with Gasteiger partial charge in [-0.25, -0.2) is 0 Å². The van der Waals surface area contributed by atoms with Gasteiger partial charge in [0.15, 0.2) is 0 Å². The molecule has 21 heavy (non-hydrogen) atoms. The first-order valence-corrected chi connectivity index (χ1v) is 7.74. The van der Waals surface area contributed by atoms with Gasteiger partial charge in [0.1, 0.15) is 18.0 Å². The van der Waals surface area contributed by atoms with Crippen molar-refractivity contribution in [3.8, 4) is 5.75 Å². The highest BCUT2D eigenvalue weighted by atomic mass is 16.5. The number of aryl methyl sites for hydroxylation is 1. The number of aliphatic hydroxyl groups is 1. The van der Waals surface area contributed by atoms with E-state index in [9.17, 15) is 5.11 Å². The summed E-state index contributed by atoms with van der Waals surface area (Å²) >= 11 is 0. The molecule has 2 atom stereocenters. The van der Waals surface area contributed by atoms with Crippen molar-refractivity contribution in [1.82, 2.24) is 4.90 Å². The van der Waals surface area contributed by atoms with Crippen molar-refractivity contribution in [1.29, 1.82) is 0 Å². The molecule has 0 amide bonds. The van der Waals surface area contributed by atoms with Gasteiger partial charge in [-0.2, -0.15) is 0 Å². The van der Waals surface area contributed by atoms with Crippen molar-refractivity contribution in [2.45, 2.75) is 39.4 Å². The lowest BCUT2D eigenvalue weighted by Crippen LogP contribution is -2.45. The van der Waals surface area contributed by atoms with Crippen molar-refractivity contribution >= 4 is 0 Å². The zero-order valence-electron chi connectivity index (χ0n) is 13.6. The van der Waals surface area contributed by atoms with Crippen LogP contribution >= 0.6 is 0 Å². The second-order valence-electron chi connectivity index (χ2n) is 5.78. The van der Waals surface area contributed by atoms with Crippen LogP contribution in [0.25, 0.3) is 0 Å². The van der Waals surface area contributed by atoms with Gasteiger partial charge in [-0.05, 0) is 37.9 Å². The molecule has 0 bridgehead atoms. The molecule has 4 heteroatoms. The van der Waals surface area contributed by atoms with Crippen molar-refractivity contribution < 1.29 is 14.6 Å². The van der Waals surface area contributed by atoms with Gasteiger partial charge in [0.25, 0.3) is 0 Å². The van der Waals surface area contributed by atoms with E-state index >= 15 is 0 Å². The second kappa shape index (κ2) is 7.25. The summed E-state index contributed by atoms with van der Waals surface area (Å²) < 4.78 is 11.3. The predicted octanol–water partition coefficient (Wildman–Crippen LogP) is 2.46. The minimum absolute atomic E-state index is 0.193. The van der Waals surface area contributed by atoms with Crippen LogP contribution in [0, 0.1) is 13.8 Å². The first-order valence-electron chi connectivity index (χ1n) is 7.74. The van der Waals surface area contributed by atoms with E-state index < -0.39 is 6.10 Å². The predicted molar refractivity (Wildman–Crippen MR) is 83.9 cm³/mol. The highest BCUT2D eigenvalue weighted by Gasteiger charge is 2.30. The van der Waals surface area contributed by atoms with Crippen LogP contribution in [0.4, 0.5) is 0 Å². The molecule has 118 valence electrons. The molecule has 1 fully saturated rings. The first kappa shape index (κ1) is 16.3. The van der Waals surface area contributed by atoms with Gasteiger partial charge in [-0.1, -0.05) is 19.1 Å². The van der Waals surface area contributed by atoms with Gasteiger partial charge in [0.2, 0.25) is 0 Å². The Bertz CT molecular complexity index is 473. The smallest absolute Gasteiger partial charge is 0.127 e. The number of morpholine rings is 1. The molecule has 1 heterocycles. The molecule has 0 spiro atoms. The Labute approximate surface area is 127 Å². The summed E-state index contributed by atoms with van der Waals surface area (Å²) in [6.45, 7) is 9.69. The highest BCUT2D eigenvalue weighted by molar-refractivity contribution is 5.46. The maximum absolute atomic E-state index is 10.7. The van der Waals surface area contributed by atoms with Crippen molar-refractivity contribution in [2.75, 3.05) is 33.4 Å². The Morgan fingerprint density at radius 3 is 2.86 bits per heavy atom. The summed E-state index contributed by atoms with van der Waals surface area (Å²) in [5, 5.41) is 10.7. The molecule has 1 saturated heterocycles. The number of hydrogen-bond donors (Lipinski definition) is 1. The number of benzene rings is 1. The van der Waals surface area contributed by atoms with Crippen LogP contribution in [-0.4, -0.2) is 49.5 Å². The first-order chi connectivity index (χ1) is 10.1. The van der Waals surface area contributed by atoms with Crippen molar-refractivity contribution in [3.63, 3.8) is 0 Å². The monoisotopic (exact) mass is 293 g/mol. The fourth-order valence-corrected chi connectivity index (χ4v) is 2.96. The van der Waals surface area contributed by atoms with Crippen LogP contribution in [-0.2, 0) is 4.74 Å².